The van der Waals surface area contributed by atoms with Crippen molar-refractivity contribution in [1.29, 1.82) is 0 Å². The SMILES string of the molecule is O=C(CN1C(=O)CS[C@H](c2cccc(Cl)c2)c2c(-c3ccccc3)nn(-c3ccccc3Cl)c21)NCc1ccco1. The summed E-state index contributed by atoms with van der Waals surface area (Å²) in [5.74, 6) is 0.700. The number of benzene rings is 3. The van der Waals surface area contributed by atoms with E-state index in [0.717, 1.165) is 16.7 Å². The molecule has 2 amide bonds. The first-order valence-electron chi connectivity index (χ1n) is 12.9. The van der Waals surface area contributed by atoms with Gasteiger partial charge in [0.25, 0.3) is 0 Å². The first kappa shape index (κ1) is 27.2. The van der Waals surface area contributed by atoms with E-state index < -0.39 is 0 Å². The Labute approximate surface area is 251 Å². The predicted molar refractivity (Wildman–Crippen MR) is 163 cm³/mol. The Balaban J connectivity index is 1.55. The fourth-order valence-electron chi connectivity index (χ4n) is 4.85. The molecule has 7 nitrogen and oxygen atoms in total. The highest BCUT2D eigenvalue weighted by atomic mass is 35.5. The fraction of sp³-hybridized carbons (Fsp3) is 0.129. The standard InChI is InChI=1S/C31H24Cl2N4O3S/c32-22-11-6-10-21(16-22)30-28-29(20-8-2-1-3-9-20)35-37(25-14-5-4-13-24(25)33)31(28)36(27(39)19-41-30)18-26(38)34-17-23-12-7-15-40-23/h1-16,30H,17-19H2,(H,34,38)/t30-/m1/s1. The minimum absolute atomic E-state index is 0.147. The van der Waals surface area contributed by atoms with Crippen molar-refractivity contribution in [3.63, 3.8) is 0 Å². The van der Waals surface area contributed by atoms with Crippen molar-refractivity contribution in [2.45, 2.75) is 11.8 Å². The van der Waals surface area contributed by atoms with Crippen LogP contribution >= 0.6 is 35.0 Å². The van der Waals surface area contributed by atoms with E-state index in [0.29, 0.717) is 33.0 Å². The number of nitrogens with one attached hydrogen (secondary N) is 1. The molecule has 1 atom stereocenters. The van der Waals surface area contributed by atoms with Crippen LogP contribution in [0.3, 0.4) is 0 Å². The van der Waals surface area contributed by atoms with Crippen LogP contribution in [0.25, 0.3) is 16.9 Å². The second kappa shape index (κ2) is 11.9. The van der Waals surface area contributed by atoms with E-state index in [9.17, 15) is 9.59 Å². The molecule has 1 aliphatic rings. The van der Waals surface area contributed by atoms with Crippen molar-refractivity contribution in [1.82, 2.24) is 15.1 Å². The normalized spacial score (nSPS) is 14.9. The van der Waals surface area contributed by atoms with Gasteiger partial charge in [-0.25, -0.2) is 4.68 Å². The van der Waals surface area contributed by atoms with E-state index in [1.54, 1.807) is 29.1 Å². The summed E-state index contributed by atoms with van der Waals surface area (Å²) in [6.07, 6.45) is 1.55. The van der Waals surface area contributed by atoms with Gasteiger partial charge in [0.1, 0.15) is 18.1 Å². The molecular weight excluding hydrogens is 579 g/mol. The topological polar surface area (TPSA) is 80.4 Å². The number of anilines is 1. The lowest BCUT2D eigenvalue weighted by molar-refractivity contribution is -0.123. The number of hydrogen-bond acceptors (Lipinski definition) is 5. The summed E-state index contributed by atoms with van der Waals surface area (Å²) in [5, 5.41) is 8.67. The fourth-order valence-corrected chi connectivity index (χ4v) is 6.45. The third kappa shape index (κ3) is 5.63. The van der Waals surface area contributed by atoms with Gasteiger partial charge in [-0.3, -0.25) is 14.5 Å². The lowest BCUT2D eigenvalue weighted by Crippen LogP contribution is -2.42. The maximum atomic E-state index is 13.8. The number of furan rings is 1. The first-order chi connectivity index (χ1) is 20.0. The van der Waals surface area contributed by atoms with E-state index in [2.05, 4.69) is 5.32 Å². The minimum atomic E-state index is -0.333. The lowest BCUT2D eigenvalue weighted by Gasteiger charge is -2.23. The highest BCUT2D eigenvalue weighted by Crippen LogP contribution is 2.49. The van der Waals surface area contributed by atoms with Crippen molar-refractivity contribution < 1.29 is 14.0 Å². The number of amides is 2. The Morgan fingerprint density at radius 3 is 2.56 bits per heavy atom. The third-order valence-corrected chi connectivity index (χ3v) is 8.52. The molecule has 0 radical (unpaired) electrons. The summed E-state index contributed by atoms with van der Waals surface area (Å²) >= 11 is 14.6. The second-order valence-corrected chi connectivity index (χ2v) is 11.3. The molecule has 1 aliphatic heterocycles. The molecule has 0 fully saturated rings. The minimum Gasteiger partial charge on any atom is -0.467 e. The molecule has 1 N–H and O–H groups in total. The Bertz CT molecular complexity index is 1710. The average molecular weight is 604 g/mol. The predicted octanol–water partition coefficient (Wildman–Crippen LogP) is 6.92. The molecule has 3 heterocycles. The van der Waals surface area contributed by atoms with Crippen LogP contribution in [0.5, 0.6) is 0 Å². The molecular formula is C31H24Cl2N4O3S. The van der Waals surface area contributed by atoms with Crippen molar-refractivity contribution in [3.05, 3.63) is 124 Å². The molecule has 0 saturated carbocycles. The molecule has 0 bridgehead atoms. The summed E-state index contributed by atoms with van der Waals surface area (Å²) in [7, 11) is 0. The Hall–Kier alpha value is -3.98. The van der Waals surface area contributed by atoms with Crippen molar-refractivity contribution in [2.24, 2.45) is 0 Å². The number of para-hydroxylation sites is 1. The van der Waals surface area contributed by atoms with Gasteiger partial charge in [0.15, 0.2) is 0 Å². The van der Waals surface area contributed by atoms with Crippen LogP contribution in [-0.2, 0) is 16.1 Å². The zero-order chi connectivity index (χ0) is 28.3. The molecule has 3 aromatic carbocycles. The van der Waals surface area contributed by atoms with Crippen LogP contribution in [0.4, 0.5) is 5.82 Å². The van der Waals surface area contributed by atoms with Crippen molar-refractivity contribution in [2.75, 3.05) is 17.2 Å². The number of fused-ring (bicyclic) bond motifs is 1. The van der Waals surface area contributed by atoms with E-state index in [4.69, 9.17) is 32.7 Å². The van der Waals surface area contributed by atoms with Crippen molar-refractivity contribution >= 4 is 52.6 Å². The van der Waals surface area contributed by atoms with E-state index in [-0.39, 0.29) is 35.9 Å². The maximum absolute atomic E-state index is 13.8. The highest BCUT2D eigenvalue weighted by Gasteiger charge is 2.38. The summed E-state index contributed by atoms with van der Waals surface area (Å²) < 4.78 is 7.03. The quantitative estimate of drug-likeness (QED) is 0.218. The van der Waals surface area contributed by atoms with Crippen molar-refractivity contribution in [3.8, 4) is 16.9 Å². The van der Waals surface area contributed by atoms with Gasteiger partial charge in [0.05, 0.1) is 40.2 Å². The smallest absolute Gasteiger partial charge is 0.240 e. The average Bonchev–Trinajstić information content (AvgIpc) is 3.61. The molecule has 0 unspecified atom stereocenters. The number of thioether (sulfide) groups is 1. The highest BCUT2D eigenvalue weighted by molar-refractivity contribution is 8.00. The largest absolute Gasteiger partial charge is 0.467 e. The Kier molecular flexibility index (Phi) is 7.87. The molecule has 2 aromatic heterocycles. The molecule has 0 aliphatic carbocycles. The van der Waals surface area contributed by atoms with Gasteiger partial charge < -0.3 is 9.73 Å². The van der Waals surface area contributed by atoms with Gasteiger partial charge in [-0.1, -0.05) is 77.8 Å². The monoisotopic (exact) mass is 602 g/mol. The number of aromatic nitrogens is 2. The van der Waals surface area contributed by atoms with E-state index in [1.165, 1.54) is 16.7 Å². The van der Waals surface area contributed by atoms with Gasteiger partial charge in [-0.2, -0.15) is 5.10 Å². The van der Waals surface area contributed by atoms with Gasteiger partial charge in [0.2, 0.25) is 11.8 Å². The molecule has 0 saturated heterocycles. The van der Waals surface area contributed by atoms with Crippen LogP contribution in [0.2, 0.25) is 10.0 Å². The summed E-state index contributed by atoms with van der Waals surface area (Å²) in [6.45, 7) is -0.000601. The second-order valence-electron chi connectivity index (χ2n) is 9.40. The Morgan fingerprint density at radius 2 is 1.80 bits per heavy atom. The van der Waals surface area contributed by atoms with Gasteiger partial charge >= 0.3 is 0 Å². The third-order valence-electron chi connectivity index (χ3n) is 6.71. The number of halogens is 2. The molecule has 206 valence electrons. The summed E-state index contributed by atoms with van der Waals surface area (Å²) in [6, 6.07) is 28.2. The van der Waals surface area contributed by atoms with Gasteiger partial charge in [-0.15, -0.1) is 11.8 Å². The van der Waals surface area contributed by atoms with E-state index in [1.807, 2.05) is 72.8 Å². The van der Waals surface area contributed by atoms with Crippen LogP contribution in [0.15, 0.2) is 102 Å². The molecule has 41 heavy (non-hydrogen) atoms. The number of nitrogens with zero attached hydrogens (tertiary/aromatic N) is 3. The molecule has 6 rings (SSSR count). The summed E-state index contributed by atoms with van der Waals surface area (Å²) in [4.78, 5) is 28.6. The number of carbonyl (C=O) groups is 2. The lowest BCUT2D eigenvalue weighted by atomic mass is 9.99. The van der Waals surface area contributed by atoms with Crippen LogP contribution < -0.4 is 10.2 Å². The van der Waals surface area contributed by atoms with Gasteiger partial charge in [0, 0.05) is 16.1 Å². The van der Waals surface area contributed by atoms with Crippen LogP contribution in [-0.4, -0.2) is 33.9 Å². The molecule has 10 heteroatoms. The Morgan fingerprint density at radius 1 is 1.00 bits per heavy atom. The van der Waals surface area contributed by atoms with Crippen LogP contribution in [0, 0.1) is 0 Å². The number of rotatable bonds is 7. The maximum Gasteiger partial charge on any atom is 0.240 e. The first-order valence-corrected chi connectivity index (χ1v) is 14.7. The molecule has 0 spiro atoms. The number of carbonyl (C=O) groups excluding carboxylic acids is 2. The number of hydrogen-bond donors (Lipinski definition) is 1. The van der Waals surface area contributed by atoms with E-state index >= 15 is 0 Å². The molecule has 5 aromatic rings. The van der Waals surface area contributed by atoms with Gasteiger partial charge in [-0.05, 0) is 42.0 Å². The van der Waals surface area contributed by atoms with Crippen LogP contribution in [0.1, 0.15) is 22.1 Å². The summed E-state index contributed by atoms with van der Waals surface area (Å²) in [5.41, 5.74) is 3.88. The zero-order valence-corrected chi connectivity index (χ0v) is 24.0. The zero-order valence-electron chi connectivity index (χ0n) is 21.7.